The van der Waals surface area contributed by atoms with Gasteiger partial charge in [0, 0.05) is 0 Å². The second-order valence-electron chi connectivity index (χ2n) is 6.49. The van der Waals surface area contributed by atoms with Crippen molar-refractivity contribution in [2.45, 2.75) is 18.6 Å². The van der Waals surface area contributed by atoms with Crippen LogP contribution in [-0.4, -0.2) is 29.1 Å². The zero-order chi connectivity index (χ0) is 22.8. The van der Waals surface area contributed by atoms with Gasteiger partial charge < -0.3 is 20.3 Å². The molecule has 1 unspecified atom stereocenters. The number of halogens is 3. The normalized spacial score (nSPS) is 16.1. The van der Waals surface area contributed by atoms with Gasteiger partial charge in [-0.25, -0.2) is 4.79 Å². The Morgan fingerprint density at radius 2 is 1.81 bits per heavy atom. The van der Waals surface area contributed by atoms with Gasteiger partial charge in [0.2, 0.25) is 0 Å². The molecule has 0 bridgehead atoms. The molecule has 0 saturated carbocycles. The molecule has 162 valence electrons. The minimum Gasteiger partial charge on any atom is -0.480 e. The van der Waals surface area contributed by atoms with Crippen molar-refractivity contribution < 1.29 is 42.1 Å². The van der Waals surface area contributed by atoms with Crippen LogP contribution in [0.4, 0.5) is 18.0 Å². The van der Waals surface area contributed by atoms with E-state index in [1.54, 1.807) is 0 Å². The third kappa shape index (κ3) is 5.39. The van der Waals surface area contributed by atoms with Gasteiger partial charge in [0.15, 0.2) is 5.76 Å². The molecule has 3 rings (SSSR count). The van der Waals surface area contributed by atoms with Crippen LogP contribution in [0.15, 0.2) is 48.2 Å². The number of alkyl halides is 3. The summed E-state index contributed by atoms with van der Waals surface area (Å²) in [6, 6.07) is 7.59. The van der Waals surface area contributed by atoms with Gasteiger partial charge in [-0.05, 0) is 47.9 Å². The number of aliphatic carboxylic acids is 1. The fraction of sp³-hybridized carbons (Fsp3) is 0.150. The van der Waals surface area contributed by atoms with Gasteiger partial charge in [-0.3, -0.25) is 14.9 Å². The van der Waals surface area contributed by atoms with E-state index in [4.69, 9.17) is 15.6 Å². The van der Waals surface area contributed by atoms with Gasteiger partial charge in [-0.15, -0.1) is 0 Å². The predicted molar refractivity (Wildman–Crippen MR) is 99.9 cm³/mol. The Labute approximate surface area is 173 Å². The van der Waals surface area contributed by atoms with Crippen molar-refractivity contribution in [3.8, 4) is 11.5 Å². The molecular weight excluding hydrogens is 421 g/mol. The quantitative estimate of drug-likeness (QED) is 0.594. The van der Waals surface area contributed by atoms with E-state index in [9.17, 15) is 27.6 Å². The zero-order valence-corrected chi connectivity index (χ0v) is 15.6. The minimum atomic E-state index is -4.73. The molecule has 1 aliphatic rings. The fourth-order valence-electron chi connectivity index (χ4n) is 2.73. The van der Waals surface area contributed by atoms with Crippen molar-refractivity contribution in [2.75, 3.05) is 0 Å². The first-order chi connectivity index (χ1) is 14.5. The Kier molecular flexibility index (Phi) is 5.97. The van der Waals surface area contributed by atoms with Crippen molar-refractivity contribution in [3.05, 3.63) is 64.9 Å². The number of alkyl carbamates (subject to hydrolysis) is 1. The number of cyclic esters (lactones) is 1. The van der Waals surface area contributed by atoms with Crippen LogP contribution in [0.2, 0.25) is 0 Å². The summed E-state index contributed by atoms with van der Waals surface area (Å²) in [4.78, 5) is 33.3. The number of rotatable bonds is 6. The third-order valence-electron chi connectivity index (χ3n) is 4.20. The second kappa shape index (κ2) is 8.48. The van der Waals surface area contributed by atoms with Crippen LogP contribution in [0.5, 0.6) is 11.5 Å². The maximum absolute atomic E-state index is 13.4. The number of ether oxygens (including phenoxy) is 2. The number of nitrogens with two attached hydrogens (primary N) is 1. The molecule has 2 aromatic rings. The first-order valence-corrected chi connectivity index (χ1v) is 8.74. The van der Waals surface area contributed by atoms with E-state index in [0.29, 0.717) is 5.56 Å². The van der Waals surface area contributed by atoms with E-state index in [-0.39, 0.29) is 22.8 Å². The van der Waals surface area contributed by atoms with E-state index in [1.165, 1.54) is 36.4 Å². The number of amides is 2. The van der Waals surface area contributed by atoms with E-state index in [2.05, 4.69) is 4.74 Å². The van der Waals surface area contributed by atoms with Crippen molar-refractivity contribution >= 4 is 24.0 Å². The molecule has 1 heterocycles. The minimum absolute atomic E-state index is 0.116. The number of hydrogen-bond donors (Lipinski definition) is 3. The molecule has 1 fully saturated rings. The van der Waals surface area contributed by atoms with Crippen molar-refractivity contribution in [1.82, 2.24) is 5.32 Å². The van der Waals surface area contributed by atoms with Gasteiger partial charge in [-0.1, -0.05) is 18.2 Å². The molecule has 8 nitrogen and oxygen atoms in total. The van der Waals surface area contributed by atoms with Crippen LogP contribution in [0, 0.1) is 0 Å². The molecule has 2 aromatic carbocycles. The van der Waals surface area contributed by atoms with Crippen molar-refractivity contribution in [1.29, 1.82) is 0 Å². The van der Waals surface area contributed by atoms with Gasteiger partial charge in [0.25, 0.3) is 5.91 Å². The number of carboxylic acid groups (broad SMARTS) is 1. The number of carboxylic acids is 1. The average molecular weight is 436 g/mol. The summed E-state index contributed by atoms with van der Waals surface area (Å²) in [6.07, 6.45) is -4.80. The van der Waals surface area contributed by atoms with Crippen LogP contribution in [0.25, 0.3) is 6.08 Å². The van der Waals surface area contributed by atoms with Crippen LogP contribution in [-0.2, 0) is 26.9 Å². The Morgan fingerprint density at radius 3 is 2.35 bits per heavy atom. The van der Waals surface area contributed by atoms with E-state index in [1.807, 2.05) is 5.32 Å². The highest BCUT2D eigenvalue weighted by Crippen LogP contribution is 2.36. The smallest absolute Gasteiger partial charge is 0.419 e. The molecule has 1 saturated heterocycles. The first-order valence-electron chi connectivity index (χ1n) is 8.74. The van der Waals surface area contributed by atoms with Crippen LogP contribution < -0.4 is 15.8 Å². The summed E-state index contributed by atoms with van der Waals surface area (Å²) in [7, 11) is 0. The third-order valence-corrected chi connectivity index (χ3v) is 4.20. The molecule has 0 aliphatic carbocycles. The summed E-state index contributed by atoms with van der Waals surface area (Å²) >= 11 is 0. The summed E-state index contributed by atoms with van der Waals surface area (Å²) in [5.41, 5.74) is 4.54. The molecule has 11 heteroatoms. The van der Waals surface area contributed by atoms with Gasteiger partial charge in [-0.2, -0.15) is 13.2 Å². The predicted octanol–water partition coefficient (Wildman–Crippen LogP) is 3.06. The highest BCUT2D eigenvalue weighted by Gasteiger charge is 2.34. The summed E-state index contributed by atoms with van der Waals surface area (Å²) in [6.45, 7) is 0. The number of carbonyl (C=O) groups excluding carboxylic acids is 2. The number of hydrogen-bond acceptors (Lipinski definition) is 6. The van der Waals surface area contributed by atoms with Gasteiger partial charge in [0.1, 0.15) is 17.5 Å². The molecule has 0 aromatic heterocycles. The van der Waals surface area contributed by atoms with E-state index >= 15 is 0 Å². The number of nitrogens with one attached hydrogen (secondary N) is 1. The molecule has 1 aliphatic heterocycles. The highest BCUT2D eigenvalue weighted by molar-refractivity contribution is 6.09. The molecule has 0 radical (unpaired) electrons. The standard InChI is InChI=1S/C20H15F3N2O6/c21-20(22,23)14-9-13(6-3-11(14)8-15(24)18(27)28)30-12-4-1-10(2-5-12)7-16-17(26)25-19(29)31-16/h1-7,9,15H,8,24H2,(H,27,28)(H,25,26,29). The maximum Gasteiger partial charge on any atom is 0.419 e. The molecule has 4 N–H and O–H groups in total. The SMILES string of the molecule is NC(Cc1ccc(Oc2ccc(C=C3OC(=O)NC3=O)cc2)cc1C(F)(F)F)C(=O)O. The highest BCUT2D eigenvalue weighted by atomic mass is 19.4. The Hall–Kier alpha value is -3.86. The number of benzene rings is 2. The summed E-state index contributed by atoms with van der Waals surface area (Å²) in [5, 5.41) is 10.8. The Balaban J connectivity index is 1.79. The van der Waals surface area contributed by atoms with Gasteiger partial charge >= 0.3 is 18.2 Å². The van der Waals surface area contributed by atoms with E-state index < -0.39 is 42.2 Å². The average Bonchev–Trinajstić information content (AvgIpc) is 3.00. The van der Waals surface area contributed by atoms with Gasteiger partial charge in [0.05, 0.1) is 5.56 Å². The molecular formula is C20H15F3N2O6. The van der Waals surface area contributed by atoms with Crippen LogP contribution in [0.3, 0.4) is 0 Å². The number of carbonyl (C=O) groups is 3. The molecule has 31 heavy (non-hydrogen) atoms. The van der Waals surface area contributed by atoms with E-state index in [0.717, 1.165) is 12.1 Å². The Morgan fingerprint density at radius 1 is 1.16 bits per heavy atom. The lowest BCUT2D eigenvalue weighted by molar-refractivity contribution is -0.140. The summed E-state index contributed by atoms with van der Waals surface area (Å²) in [5.74, 6) is -2.20. The molecule has 2 amide bonds. The fourth-order valence-corrected chi connectivity index (χ4v) is 2.73. The van der Waals surface area contributed by atoms with Crippen LogP contribution >= 0.6 is 0 Å². The Bertz CT molecular complexity index is 1060. The largest absolute Gasteiger partial charge is 0.480 e. The maximum atomic E-state index is 13.4. The van der Waals surface area contributed by atoms with Crippen molar-refractivity contribution in [2.24, 2.45) is 5.73 Å². The second-order valence-corrected chi connectivity index (χ2v) is 6.49. The van der Waals surface area contributed by atoms with Crippen LogP contribution in [0.1, 0.15) is 16.7 Å². The summed E-state index contributed by atoms with van der Waals surface area (Å²) < 4.78 is 50.3. The monoisotopic (exact) mass is 436 g/mol. The topological polar surface area (TPSA) is 128 Å². The zero-order valence-electron chi connectivity index (χ0n) is 15.6. The molecule has 1 atom stereocenters. The first kappa shape index (κ1) is 21.8. The molecule has 0 spiro atoms. The lowest BCUT2D eigenvalue weighted by Gasteiger charge is -2.16. The number of imide groups is 1. The lowest BCUT2D eigenvalue weighted by atomic mass is 10.00. The lowest BCUT2D eigenvalue weighted by Crippen LogP contribution is -2.33. The van der Waals surface area contributed by atoms with Crippen molar-refractivity contribution in [3.63, 3.8) is 0 Å².